The van der Waals surface area contributed by atoms with Gasteiger partial charge in [-0.05, 0) is 18.2 Å². The first-order valence-corrected chi connectivity index (χ1v) is 6.51. The molecule has 3 rings (SSSR count). The number of rotatable bonds is 3. The lowest BCUT2D eigenvalue weighted by Gasteiger charge is -2.10. The summed E-state index contributed by atoms with van der Waals surface area (Å²) >= 11 is 0. The summed E-state index contributed by atoms with van der Waals surface area (Å²) in [4.78, 5) is 4.31. The van der Waals surface area contributed by atoms with Crippen LogP contribution in [0.1, 0.15) is 11.1 Å². The zero-order chi connectivity index (χ0) is 14.8. The zero-order valence-electron chi connectivity index (χ0n) is 11.6. The van der Waals surface area contributed by atoms with Crippen molar-refractivity contribution in [1.82, 2.24) is 9.55 Å². The van der Waals surface area contributed by atoms with Crippen LogP contribution in [0, 0.1) is 11.3 Å². The first-order valence-electron chi connectivity index (χ1n) is 6.51. The Morgan fingerprint density at radius 2 is 2.05 bits per heavy atom. The van der Waals surface area contributed by atoms with Gasteiger partial charge in [-0.25, -0.2) is 4.98 Å². The molecule has 21 heavy (non-hydrogen) atoms. The Bertz CT molecular complexity index is 845. The third-order valence-electron chi connectivity index (χ3n) is 3.45. The smallest absolute Gasteiger partial charge is 0.201 e. The second-order valence-corrected chi connectivity index (χ2v) is 4.65. The van der Waals surface area contributed by atoms with Gasteiger partial charge in [-0.1, -0.05) is 24.3 Å². The fourth-order valence-corrected chi connectivity index (χ4v) is 2.43. The molecule has 0 bridgehead atoms. The molecule has 0 atom stereocenters. The average molecular weight is 278 g/mol. The average Bonchev–Trinajstić information content (AvgIpc) is 2.84. The predicted molar refractivity (Wildman–Crippen MR) is 81.0 cm³/mol. The molecule has 5 nitrogen and oxygen atoms in total. The summed E-state index contributed by atoms with van der Waals surface area (Å²) in [5, 5.41) is 9.15. The molecule has 0 unspecified atom stereocenters. The number of benzene rings is 2. The molecule has 0 amide bonds. The molecule has 104 valence electrons. The van der Waals surface area contributed by atoms with Crippen LogP contribution >= 0.6 is 0 Å². The van der Waals surface area contributed by atoms with Gasteiger partial charge in [0.15, 0.2) is 0 Å². The van der Waals surface area contributed by atoms with Gasteiger partial charge in [0.2, 0.25) is 5.95 Å². The molecule has 1 aromatic heterocycles. The van der Waals surface area contributed by atoms with Crippen molar-refractivity contribution in [3.05, 3.63) is 53.6 Å². The largest absolute Gasteiger partial charge is 0.496 e. The normalized spacial score (nSPS) is 10.5. The molecule has 5 heteroatoms. The topological polar surface area (TPSA) is 76.9 Å². The zero-order valence-corrected chi connectivity index (χ0v) is 11.6. The van der Waals surface area contributed by atoms with Gasteiger partial charge >= 0.3 is 0 Å². The number of aromatic nitrogens is 2. The minimum atomic E-state index is 0.388. The van der Waals surface area contributed by atoms with Gasteiger partial charge in [-0.2, -0.15) is 5.26 Å². The summed E-state index contributed by atoms with van der Waals surface area (Å²) in [6.07, 6.45) is 0. The Hall–Kier alpha value is -3.00. The number of fused-ring (bicyclic) bond motifs is 1. The molecule has 2 aromatic carbocycles. The number of para-hydroxylation sites is 2. The molecule has 0 saturated heterocycles. The van der Waals surface area contributed by atoms with Gasteiger partial charge in [0, 0.05) is 5.56 Å². The molecule has 2 N–H and O–H groups in total. The Balaban J connectivity index is 2.13. The van der Waals surface area contributed by atoms with Crippen LogP contribution in [0.2, 0.25) is 0 Å². The van der Waals surface area contributed by atoms with Crippen LogP contribution in [0.25, 0.3) is 11.0 Å². The van der Waals surface area contributed by atoms with Crippen molar-refractivity contribution in [3.8, 4) is 11.8 Å². The monoisotopic (exact) mass is 278 g/mol. The summed E-state index contributed by atoms with van der Waals surface area (Å²) in [5.41, 5.74) is 9.03. The van der Waals surface area contributed by atoms with E-state index in [0.29, 0.717) is 23.6 Å². The quantitative estimate of drug-likeness (QED) is 0.798. The van der Waals surface area contributed by atoms with Crippen LogP contribution in [0.3, 0.4) is 0 Å². The first-order chi connectivity index (χ1) is 10.2. The van der Waals surface area contributed by atoms with Crippen LogP contribution in [-0.2, 0) is 6.54 Å². The molecule has 0 spiro atoms. The summed E-state index contributed by atoms with van der Waals surface area (Å²) < 4.78 is 7.25. The van der Waals surface area contributed by atoms with Crippen molar-refractivity contribution in [2.75, 3.05) is 12.8 Å². The van der Waals surface area contributed by atoms with Gasteiger partial charge < -0.3 is 15.0 Å². The van der Waals surface area contributed by atoms with E-state index in [2.05, 4.69) is 11.1 Å². The Kier molecular flexibility index (Phi) is 3.20. The third kappa shape index (κ3) is 2.17. The molecule has 0 aliphatic rings. The highest BCUT2D eigenvalue weighted by Crippen LogP contribution is 2.25. The highest BCUT2D eigenvalue weighted by atomic mass is 16.5. The van der Waals surface area contributed by atoms with E-state index in [1.165, 1.54) is 0 Å². The van der Waals surface area contributed by atoms with Crippen molar-refractivity contribution in [3.63, 3.8) is 0 Å². The summed E-state index contributed by atoms with van der Waals surface area (Å²) in [7, 11) is 1.64. The fourth-order valence-electron chi connectivity index (χ4n) is 2.43. The number of nitriles is 1. The van der Waals surface area contributed by atoms with Crippen LogP contribution in [-0.4, -0.2) is 16.7 Å². The first kappa shape index (κ1) is 13.0. The number of nitrogens with two attached hydrogens (primary N) is 1. The summed E-state index contributed by atoms with van der Waals surface area (Å²) in [6.45, 7) is 0.543. The number of anilines is 1. The van der Waals surface area contributed by atoms with Gasteiger partial charge in [-0.3, -0.25) is 0 Å². The Morgan fingerprint density at radius 3 is 2.81 bits per heavy atom. The molecule has 3 aromatic rings. The Labute approximate surface area is 122 Å². The molecule has 0 fully saturated rings. The van der Waals surface area contributed by atoms with Crippen molar-refractivity contribution in [2.24, 2.45) is 0 Å². The minimum absolute atomic E-state index is 0.388. The van der Waals surface area contributed by atoms with Crippen LogP contribution in [0.5, 0.6) is 5.75 Å². The maximum absolute atomic E-state index is 9.15. The second kappa shape index (κ2) is 5.17. The maximum Gasteiger partial charge on any atom is 0.201 e. The lowest BCUT2D eigenvalue weighted by atomic mass is 10.2. The lowest BCUT2D eigenvalue weighted by molar-refractivity contribution is 0.408. The maximum atomic E-state index is 9.15. The van der Waals surface area contributed by atoms with Gasteiger partial charge in [0.25, 0.3) is 0 Å². The SMILES string of the molecule is COc1ccccc1Cn1c(N)nc2c(C#N)cccc21. The molecular weight excluding hydrogens is 264 g/mol. The van der Waals surface area contributed by atoms with E-state index in [-0.39, 0.29) is 0 Å². The fraction of sp³-hybridized carbons (Fsp3) is 0.125. The molecule has 0 aliphatic carbocycles. The molecule has 1 heterocycles. The third-order valence-corrected chi connectivity index (χ3v) is 3.45. The van der Waals surface area contributed by atoms with E-state index < -0.39 is 0 Å². The number of nitrogens with zero attached hydrogens (tertiary/aromatic N) is 3. The number of methoxy groups -OCH3 is 1. The predicted octanol–water partition coefficient (Wildman–Crippen LogP) is 2.55. The van der Waals surface area contributed by atoms with Crippen molar-refractivity contribution in [1.29, 1.82) is 5.26 Å². The highest BCUT2D eigenvalue weighted by molar-refractivity contribution is 5.84. The van der Waals surface area contributed by atoms with Crippen LogP contribution in [0.4, 0.5) is 5.95 Å². The molecule has 0 radical (unpaired) electrons. The second-order valence-electron chi connectivity index (χ2n) is 4.65. The van der Waals surface area contributed by atoms with E-state index in [1.54, 1.807) is 13.2 Å². The number of ether oxygens (including phenoxy) is 1. The van der Waals surface area contributed by atoms with E-state index >= 15 is 0 Å². The van der Waals surface area contributed by atoms with Gasteiger partial charge in [0.1, 0.15) is 17.3 Å². The molecule has 0 aliphatic heterocycles. The molecule has 0 saturated carbocycles. The van der Waals surface area contributed by atoms with Crippen LogP contribution < -0.4 is 10.5 Å². The van der Waals surface area contributed by atoms with Crippen molar-refractivity contribution in [2.45, 2.75) is 6.54 Å². The minimum Gasteiger partial charge on any atom is -0.496 e. The van der Waals surface area contributed by atoms with Crippen molar-refractivity contribution < 1.29 is 4.74 Å². The number of imidazole rings is 1. The van der Waals surface area contributed by atoms with Gasteiger partial charge in [-0.15, -0.1) is 0 Å². The van der Waals surface area contributed by atoms with E-state index in [4.69, 9.17) is 15.7 Å². The number of hydrogen-bond donors (Lipinski definition) is 1. The number of hydrogen-bond acceptors (Lipinski definition) is 4. The lowest BCUT2D eigenvalue weighted by Crippen LogP contribution is -2.05. The van der Waals surface area contributed by atoms with Crippen LogP contribution in [0.15, 0.2) is 42.5 Å². The van der Waals surface area contributed by atoms with E-state index in [0.717, 1.165) is 16.8 Å². The summed E-state index contributed by atoms with van der Waals surface area (Å²) in [5.74, 6) is 1.19. The summed E-state index contributed by atoms with van der Waals surface area (Å²) in [6, 6.07) is 15.4. The standard InChI is InChI=1S/C16H14N4O/c1-21-14-8-3-2-5-12(14)10-20-13-7-4-6-11(9-17)15(13)19-16(20)18/h2-8H,10H2,1H3,(H2,18,19). The highest BCUT2D eigenvalue weighted by Gasteiger charge is 2.13. The molecular formula is C16H14N4O. The van der Waals surface area contributed by atoms with Crippen molar-refractivity contribution >= 4 is 17.0 Å². The van der Waals surface area contributed by atoms with E-state index in [9.17, 15) is 0 Å². The van der Waals surface area contributed by atoms with Gasteiger partial charge in [0.05, 0.1) is 24.7 Å². The number of nitrogen functional groups attached to an aromatic ring is 1. The van der Waals surface area contributed by atoms with E-state index in [1.807, 2.05) is 41.0 Å². The Morgan fingerprint density at radius 1 is 1.24 bits per heavy atom.